The van der Waals surface area contributed by atoms with E-state index in [1.165, 1.54) is 21.0 Å². The highest BCUT2D eigenvalue weighted by Gasteiger charge is 2.17. The van der Waals surface area contributed by atoms with Gasteiger partial charge in [0.15, 0.2) is 0 Å². The quantitative estimate of drug-likeness (QED) is 0.507. The number of thiophene rings is 1. The summed E-state index contributed by atoms with van der Waals surface area (Å²) in [5, 5.41) is 0. The van der Waals surface area contributed by atoms with Crippen molar-refractivity contribution in [3.63, 3.8) is 0 Å². The van der Waals surface area contributed by atoms with Crippen LogP contribution in [0, 0.1) is 13.8 Å². The van der Waals surface area contributed by atoms with Crippen LogP contribution in [0.4, 0.5) is 0 Å². The van der Waals surface area contributed by atoms with Crippen molar-refractivity contribution in [2.45, 2.75) is 26.8 Å². The first-order valence-electron chi connectivity index (χ1n) is 8.65. The van der Waals surface area contributed by atoms with Crippen molar-refractivity contribution in [1.82, 2.24) is 19.5 Å². The molecule has 0 aliphatic heterocycles. The molecule has 3 heterocycles. The van der Waals surface area contributed by atoms with Crippen LogP contribution in [0.3, 0.4) is 0 Å². The molecule has 0 bridgehead atoms. The minimum Gasteiger partial charge on any atom is -0.329 e. The van der Waals surface area contributed by atoms with Crippen LogP contribution in [-0.2, 0) is 13.0 Å². The fourth-order valence-corrected chi connectivity index (χ4v) is 4.10. The third-order valence-corrected chi connectivity index (χ3v) is 5.67. The van der Waals surface area contributed by atoms with E-state index in [4.69, 9.17) is 4.98 Å². The van der Waals surface area contributed by atoms with Crippen LogP contribution in [0.5, 0.6) is 0 Å². The number of hydrogen-bond donors (Lipinski definition) is 0. The van der Waals surface area contributed by atoms with Gasteiger partial charge in [0.2, 0.25) is 0 Å². The topological polar surface area (TPSA) is 43.6 Å². The molecule has 0 unspecified atom stereocenters. The van der Waals surface area contributed by atoms with Crippen LogP contribution in [0.25, 0.3) is 21.8 Å². The summed E-state index contributed by atoms with van der Waals surface area (Å²) in [6.45, 7) is 5.16. The van der Waals surface area contributed by atoms with Gasteiger partial charge >= 0.3 is 0 Å². The van der Waals surface area contributed by atoms with Crippen LogP contribution in [0.2, 0.25) is 0 Å². The van der Waals surface area contributed by atoms with Crippen LogP contribution < -0.4 is 0 Å². The predicted octanol–water partition coefficient (Wildman–Crippen LogP) is 4.93. The molecule has 1 aromatic carbocycles. The zero-order valence-corrected chi connectivity index (χ0v) is 15.7. The normalized spacial score (nSPS) is 11.0. The lowest BCUT2D eigenvalue weighted by molar-refractivity contribution is 0.689. The van der Waals surface area contributed by atoms with Gasteiger partial charge in [-0.3, -0.25) is 9.97 Å². The van der Waals surface area contributed by atoms with Crippen LogP contribution >= 0.6 is 11.3 Å². The molecule has 0 fully saturated rings. The van der Waals surface area contributed by atoms with E-state index >= 15 is 0 Å². The second kappa shape index (κ2) is 7.22. The van der Waals surface area contributed by atoms with Crippen LogP contribution in [-0.4, -0.2) is 19.5 Å². The molecule has 3 aromatic heterocycles. The lowest BCUT2D eigenvalue weighted by Crippen LogP contribution is -2.03. The molecule has 26 heavy (non-hydrogen) atoms. The molecule has 4 aromatic rings. The third kappa shape index (κ3) is 3.30. The molecule has 0 N–H and O–H groups in total. The van der Waals surface area contributed by atoms with Crippen molar-refractivity contribution in [3.8, 4) is 21.8 Å². The lowest BCUT2D eigenvalue weighted by atomic mass is 10.1. The summed E-state index contributed by atoms with van der Waals surface area (Å²) in [6.07, 6.45) is 8.05. The van der Waals surface area contributed by atoms with E-state index in [2.05, 4.69) is 58.7 Å². The Morgan fingerprint density at radius 2 is 1.88 bits per heavy atom. The lowest BCUT2D eigenvalue weighted by Gasteiger charge is -2.09. The SMILES string of the molecule is Cc1cc(-c2c(-c3ccccc3)ncn2CCc2cnccn2)sc1C. The largest absolute Gasteiger partial charge is 0.329 e. The monoisotopic (exact) mass is 360 g/mol. The Morgan fingerprint density at radius 1 is 1.04 bits per heavy atom. The van der Waals surface area contributed by atoms with Gasteiger partial charge in [0.1, 0.15) is 0 Å². The zero-order valence-electron chi connectivity index (χ0n) is 14.9. The Labute approximate surface area is 157 Å². The second-order valence-corrected chi connectivity index (χ2v) is 7.55. The van der Waals surface area contributed by atoms with Gasteiger partial charge in [-0.1, -0.05) is 30.3 Å². The first-order chi connectivity index (χ1) is 12.7. The Bertz CT molecular complexity index is 984. The minimum atomic E-state index is 0.823. The molecule has 4 nitrogen and oxygen atoms in total. The molecule has 0 aliphatic rings. The number of imidazole rings is 1. The van der Waals surface area contributed by atoms with Crippen molar-refractivity contribution < 1.29 is 0 Å². The van der Waals surface area contributed by atoms with E-state index in [0.29, 0.717) is 0 Å². The fourth-order valence-electron chi connectivity index (χ4n) is 3.00. The van der Waals surface area contributed by atoms with E-state index in [1.54, 1.807) is 12.4 Å². The molecule has 4 rings (SSSR count). The Hall–Kier alpha value is -2.79. The number of benzene rings is 1. The fraction of sp³-hybridized carbons (Fsp3) is 0.190. The van der Waals surface area contributed by atoms with Gasteiger partial charge in [-0.25, -0.2) is 4.98 Å². The molecule has 0 aliphatic carbocycles. The van der Waals surface area contributed by atoms with Gasteiger partial charge in [0.25, 0.3) is 0 Å². The molecular weight excluding hydrogens is 340 g/mol. The summed E-state index contributed by atoms with van der Waals surface area (Å²) in [5.74, 6) is 0. The Balaban J connectivity index is 1.75. The van der Waals surface area contributed by atoms with E-state index in [-0.39, 0.29) is 0 Å². The van der Waals surface area contributed by atoms with Gasteiger partial charge in [-0.2, -0.15) is 0 Å². The standard InChI is InChI=1S/C21H20N4S/c1-15-12-19(26-16(15)2)21-20(17-6-4-3-5-7-17)24-14-25(21)11-8-18-13-22-9-10-23-18/h3-7,9-10,12-14H,8,11H2,1-2H3. The van der Waals surface area contributed by atoms with Gasteiger partial charge in [-0.05, 0) is 25.5 Å². The van der Waals surface area contributed by atoms with Crippen molar-refractivity contribution in [3.05, 3.63) is 77.5 Å². The summed E-state index contributed by atoms with van der Waals surface area (Å²) >= 11 is 1.83. The summed E-state index contributed by atoms with van der Waals surface area (Å²) in [5.41, 5.74) is 5.68. The molecule has 0 spiro atoms. The van der Waals surface area contributed by atoms with Crippen molar-refractivity contribution in [1.29, 1.82) is 0 Å². The molecule has 0 amide bonds. The average Bonchev–Trinajstić information content (AvgIpc) is 3.25. The van der Waals surface area contributed by atoms with E-state index in [0.717, 1.165) is 29.9 Å². The molecule has 0 radical (unpaired) electrons. The highest BCUT2D eigenvalue weighted by atomic mass is 32.1. The molecule has 0 atom stereocenters. The maximum Gasteiger partial charge on any atom is 0.0971 e. The number of nitrogens with zero attached hydrogens (tertiary/aromatic N) is 4. The second-order valence-electron chi connectivity index (χ2n) is 6.30. The highest BCUT2D eigenvalue weighted by Crippen LogP contribution is 2.37. The van der Waals surface area contributed by atoms with E-state index in [9.17, 15) is 0 Å². The first kappa shape index (κ1) is 16.7. The van der Waals surface area contributed by atoms with E-state index < -0.39 is 0 Å². The number of rotatable bonds is 5. The summed E-state index contributed by atoms with van der Waals surface area (Å²) in [4.78, 5) is 15.9. The third-order valence-electron chi connectivity index (χ3n) is 4.51. The van der Waals surface area contributed by atoms with E-state index in [1.807, 2.05) is 29.9 Å². The Morgan fingerprint density at radius 3 is 2.58 bits per heavy atom. The van der Waals surface area contributed by atoms with Crippen LogP contribution in [0.1, 0.15) is 16.1 Å². The summed E-state index contributed by atoms with van der Waals surface area (Å²) in [7, 11) is 0. The highest BCUT2D eigenvalue weighted by molar-refractivity contribution is 7.15. The maximum atomic E-state index is 4.75. The smallest absolute Gasteiger partial charge is 0.0971 e. The van der Waals surface area contributed by atoms with Crippen molar-refractivity contribution >= 4 is 11.3 Å². The van der Waals surface area contributed by atoms with Gasteiger partial charge in [0, 0.05) is 42.0 Å². The summed E-state index contributed by atoms with van der Waals surface area (Å²) < 4.78 is 2.24. The molecule has 130 valence electrons. The number of aromatic nitrogens is 4. The zero-order chi connectivity index (χ0) is 17.9. The molecule has 0 saturated carbocycles. The molecular formula is C21H20N4S. The van der Waals surface area contributed by atoms with Crippen molar-refractivity contribution in [2.75, 3.05) is 0 Å². The van der Waals surface area contributed by atoms with Gasteiger partial charge in [-0.15, -0.1) is 11.3 Å². The van der Waals surface area contributed by atoms with Gasteiger partial charge < -0.3 is 4.57 Å². The number of aryl methyl sites for hydroxylation is 4. The number of hydrogen-bond acceptors (Lipinski definition) is 4. The molecule has 0 saturated heterocycles. The van der Waals surface area contributed by atoms with Gasteiger partial charge in [0.05, 0.1) is 28.3 Å². The van der Waals surface area contributed by atoms with Crippen LogP contribution in [0.15, 0.2) is 61.3 Å². The molecule has 5 heteroatoms. The van der Waals surface area contributed by atoms with Crippen molar-refractivity contribution in [2.24, 2.45) is 0 Å². The minimum absolute atomic E-state index is 0.823. The average molecular weight is 360 g/mol. The Kier molecular flexibility index (Phi) is 4.63. The summed E-state index contributed by atoms with van der Waals surface area (Å²) in [6, 6.07) is 12.7. The first-order valence-corrected chi connectivity index (χ1v) is 9.47. The predicted molar refractivity (Wildman–Crippen MR) is 106 cm³/mol. The maximum absolute atomic E-state index is 4.75.